The van der Waals surface area contributed by atoms with Crippen LogP contribution in [0.4, 0.5) is 0 Å². The lowest BCUT2D eigenvalue weighted by molar-refractivity contribution is 0.197. The molecule has 0 radical (unpaired) electrons. The molecule has 0 spiro atoms. The van der Waals surface area contributed by atoms with Crippen LogP contribution in [0.2, 0.25) is 0 Å². The van der Waals surface area contributed by atoms with E-state index in [1.165, 1.54) is 32.4 Å². The quantitative estimate of drug-likeness (QED) is 0.472. The van der Waals surface area contributed by atoms with Crippen molar-refractivity contribution in [3.8, 4) is 0 Å². The lowest BCUT2D eigenvalue weighted by Crippen LogP contribution is -2.38. The monoisotopic (exact) mass is 157 g/mol. The van der Waals surface area contributed by atoms with Crippen LogP contribution < -0.4 is 5.84 Å². The zero-order chi connectivity index (χ0) is 8.10. The van der Waals surface area contributed by atoms with Crippen LogP contribution in [0.5, 0.6) is 0 Å². The summed E-state index contributed by atoms with van der Waals surface area (Å²) in [5.74, 6) is 5.52. The van der Waals surface area contributed by atoms with Gasteiger partial charge in [-0.25, -0.2) is 5.01 Å². The number of piperidine rings is 1. The Labute approximate surface area is 69.1 Å². The molecule has 2 N–H and O–H groups in total. The zero-order valence-corrected chi connectivity index (χ0v) is 7.42. The Kier molecular flexibility index (Phi) is 3.83. The van der Waals surface area contributed by atoms with Crippen molar-refractivity contribution < 1.29 is 0 Å². The van der Waals surface area contributed by atoms with Gasteiger partial charge >= 0.3 is 0 Å². The molecule has 3 nitrogen and oxygen atoms in total. The Morgan fingerprint density at radius 3 is 2.45 bits per heavy atom. The van der Waals surface area contributed by atoms with Crippen LogP contribution in [0.15, 0.2) is 0 Å². The average molecular weight is 157 g/mol. The van der Waals surface area contributed by atoms with Gasteiger partial charge in [-0.1, -0.05) is 6.42 Å². The van der Waals surface area contributed by atoms with E-state index >= 15 is 0 Å². The first-order valence-electron chi connectivity index (χ1n) is 4.47. The highest BCUT2D eigenvalue weighted by Gasteiger charge is 2.08. The Morgan fingerprint density at radius 1 is 1.27 bits per heavy atom. The van der Waals surface area contributed by atoms with Crippen LogP contribution in [0.1, 0.15) is 19.3 Å². The molecule has 3 heteroatoms. The molecule has 1 rings (SSSR count). The second-order valence-corrected chi connectivity index (χ2v) is 3.38. The van der Waals surface area contributed by atoms with Crippen LogP contribution >= 0.6 is 0 Å². The fraction of sp³-hybridized carbons (Fsp3) is 1.00. The fourth-order valence-electron chi connectivity index (χ4n) is 1.48. The first-order chi connectivity index (χ1) is 5.29. The fourth-order valence-corrected chi connectivity index (χ4v) is 1.48. The smallest absolute Gasteiger partial charge is 0.0253 e. The van der Waals surface area contributed by atoms with E-state index in [0.717, 1.165) is 13.1 Å². The number of rotatable bonds is 3. The number of likely N-dealkylation sites (tertiary alicyclic amines) is 1. The van der Waals surface area contributed by atoms with Gasteiger partial charge in [0.25, 0.3) is 0 Å². The van der Waals surface area contributed by atoms with Crippen molar-refractivity contribution in [2.24, 2.45) is 5.84 Å². The number of nitrogens with zero attached hydrogens (tertiary/aromatic N) is 2. The van der Waals surface area contributed by atoms with Crippen molar-refractivity contribution in [1.82, 2.24) is 9.91 Å². The van der Waals surface area contributed by atoms with Gasteiger partial charge in [-0.3, -0.25) is 5.84 Å². The Bertz CT molecular complexity index is 97.5. The number of nitrogens with two attached hydrogens (primary N) is 1. The van der Waals surface area contributed by atoms with Crippen molar-refractivity contribution in [2.45, 2.75) is 19.3 Å². The maximum atomic E-state index is 5.52. The van der Waals surface area contributed by atoms with Gasteiger partial charge in [0.1, 0.15) is 0 Å². The third-order valence-corrected chi connectivity index (χ3v) is 2.22. The van der Waals surface area contributed by atoms with Crippen LogP contribution in [-0.4, -0.2) is 43.1 Å². The molecule has 1 aliphatic rings. The maximum absolute atomic E-state index is 5.52. The highest BCUT2D eigenvalue weighted by atomic mass is 15.4. The predicted molar refractivity (Wildman–Crippen MR) is 47.1 cm³/mol. The van der Waals surface area contributed by atoms with Crippen LogP contribution in [0.25, 0.3) is 0 Å². The molecular formula is C8H19N3. The molecule has 0 aromatic carbocycles. The lowest BCUT2D eigenvalue weighted by atomic mass is 10.1. The van der Waals surface area contributed by atoms with E-state index in [-0.39, 0.29) is 0 Å². The molecule has 0 aromatic heterocycles. The van der Waals surface area contributed by atoms with Gasteiger partial charge in [0, 0.05) is 20.1 Å². The minimum absolute atomic E-state index is 0.986. The largest absolute Gasteiger partial charge is 0.302 e. The SMILES string of the molecule is CN(N)CCN1CCCCC1. The molecule has 0 aliphatic carbocycles. The van der Waals surface area contributed by atoms with Crippen molar-refractivity contribution in [2.75, 3.05) is 33.2 Å². The summed E-state index contributed by atoms with van der Waals surface area (Å²) in [5, 5.41) is 1.76. The maximum Gasteiger partial charge on any atom is 0.0253 e. The Hall–Kier alpha value is -0.120. The van der Waals surface area contributed by atoms with E-state index < -0.39 is 0 Å². The summed E-state index contributed by atoms with van der Waals surface area (Å²) in [4.78, 5) is 2.49. The molecule has 0 unspecified atom stereocenters. The highest BCUT2D eigenvalue weighted by Crippen LogP contribution is 2.07. The van der Waals surface area contributed by atoms with E-state index in [4.69, 9.17) is 5.84 Å². The predicted octanol–water partition coefficient (Wildman–Crippen LogP) is 0.278. The van der Waals surface area contributed by atoms with E-state index in [1.807, 2.05) is 7.05 Å². The third kappa shape index (κ3) is 3.70. The summed E-state index contributed by atoms with van der Waals surface area (Å²) >= 11 is 0. The highest BCUT2D eigenvalue weighted by molar-refractivity contribution is 4.64. The van der Waals surface area contributed by atoms with Gasteiger partial charge in [0.15, 0.2) is 0 Å². The summed E-state index contributed by atoms with van der Waals surface area (Å²) < 4.78 is 0. The summed E-state index contributed by atoms with van der Waals surface area (Å²) in [6.45, 7) is 4.66. The second-order valence-electron chi connectivity index (χ2n) is 3.38. The zero-order valence-electron chi connectivity index (χ0n) is 7.42. The van der Waals surface area contributed by atoms with Crippen molar-refractivity contribution in [1.29, 1.82) is 0 Å². The summed E-state index contributed by atoms with van der Waals surface area (Å²) in [7, 11) is 1.92. The molecule has 0 atom stereocenters. The van der Waals surface area contributed by atoms with Crippen molar-refractivity contribution in [3.05, 3.63) is 0 Å². The van der Waals surface area contributed by atoms with Gasteiger partial charge in [0.2, 0.25) is 0 Å². The molecular weight excluding hydrogens is 138 g/mol. The van der Waals surface area contributed by atoms with Crippen molar-refractivity contribution in [3.63, 3.8) is 0 Å². The molecule has 1 saturated heterocycles. The normalized spacial score (nSPS) is 21.0. The summed E-state index contributed by atoms with van der Waals surface area (Å²) in [6, 6.07) is 0. The molecule has 0 bridgehead atoms. The van der Waals surface area contributed by atoms with Gasteiger partial charge in [-0.05, 0) is 25.9 Å². The molecule has 0 aromatic rings. The topological polar surface area (TPSA) is 32.5 Å². The second kappa shape index (κ2) is 4.70. The standard InChI is InChI=1S/C8H19N3/c1-10(9)7-8-11-5-3-2-4-6-11/h2-9H2,1H3. The van der Waals surface area contributed by atoms with Crippen LogP contribution in [-0.2, 0) is 0 Å². The molecule has 1 fully saturated rings. The average Bonchev–Trinajstić information content (AvgIpc) is 2.03. The molecule has 0 saturated carbocycles. The van der Waals surface area contributed by atoms with Gasteiger partial charge in [-0.2, -0.15) is 0 Å². The molecule has 1 heterocycles. The number of hydrazine groups is 1. The van der Waals surface area contributed by atoms with Crippen LogP contribution in [0.3, 0.4) is 0 Å². The Morgan fingerprint density at radius 2 is 1.91 bits per heavy atom. The number of hydrogen-bond acceptors (Lipinski definition) is 3. The van der Waals surface area contributed by atoms with Gasteiger partial charge in [0.05, 0.1) is 0 Å². The lowest BCUT2D eigenvalue weighted by Gasteiger charge is -2.27. The summed E-state index contributed by atoms with van der Waals surface area (Å²) in [6.07, 6.45) is 4.15. The summed E-state index contributed by atoms with van der Waals surface area (Å²) in [5.41, 5.74) is 0. The molecule has 0 amide bonds. The number of likely N-dealkylation sites (N-methyl/N-ethyl adjacent to an activating group) is 1. The van der Waals surface area contributed by atoms with E-state index in [2.05, 4.69) is 4.90 Å². The Balaban J connectivity index is 2.05. The minimum Gasteiger partial charge on any atom is -0.302 e. The van der Waals surface area contributed by atoms with E-state index in [9.17, 15) is 0 Å². The minimum atomic E-state index is 0.986. The van der Waals surface area contributed by atoms with E-state index in [0.29, 0.717) is 0 Å². The van der Waals surface area contributed by atoms with E-state index in [1.54, 1.807) is 5.01 Å². The van der Waals surface area contributed by atoms with Crippen LogP contribution in [0, 0.1) is 0 Å². The molecule has 1 aliphatic heterocycles. The first-order valence-corrected chi connectivity index (χ1v) is 4.47. The third-order valence-electron chi connectivity index (χ3n) is 2.22. The molecule has 66 valence electrons. The van der Waals surface area contributed by atoms with Gasteiger partial charge in [-0.15, -0.1) is 0 Å². The first kappa shape index (κ1) is 8.97. The molecule has 11 heavy (non-hydrogen) atoms. The van der Waals surface area contributed by atoms with Gasteiger partial charge < -0.3 is 4.90 Å². The van der Waals surface area contributed by atoms with Crippen molar-refractivity contribution >= 4 is 0 Å². The number of hydrogen-bond donors (Lipinski definition) is 1.